The summed E-state index contributed by atoms with van der Waals surface area (Å²) in [4.78, 5) is 37.0. The summed E-state index contributed by atoms with van der Waals surface area (Å²) in [6, 6.07) is 6.14. The molecule has 0 saturated carbocycles. The van der Waals surface area contributed by atoms with Gasteiger partial charge in [-0.15, -0.1) is 0 Å². The molecule has 0 aliphatic rings. The highest BCUT2D eigenvalue weighted by molar-refractivity contribution is 5.92. The molecule has 0 atom stereocenters. The second-order valence-corrected chi connectivity index (χ2v) is 6.25. The van der Waals surface area contributed by atoms with E-state index in [-0.39, 0.29) is 5.56 Å². The highest BCUT2D eigenvalue weighted by Crippen LogP contribution is 2.29. The van der Waals surface area contributed by atoms with Crippen LogP contribution >= 0.6 is 0 Å². The minimum Gasteiger partial charge on any atom is -0.365 e. The molecule has 0 aliphatic carbocycles. The van der Waals surface area contributed by atoms with Crippen LogP contribution in [0, 0.1) is 11.6 Å². The summed E-state index contributed by atoms with van der Waals surface area (Å²) in [6.07, 6.45) is -3.93. The largest absolute Gasteiger partial charge is 0.416 e. The van der Waals surface area contributed by atoms with Gasteiger partial charge in [0.25, 0.3) is 11.5 Å². The number of halogens is 5. The van der Waals surface area contributed by atoms with Gasteiger partial charge in [-0.25, -0.2) is 18.1 Å². The first-order valence-electron chi connectivity index (χ1n) is 8.27. The summed E-state index contributed by atoms with van der Waals surface area (Å²) in [7, 11) is 0. The maximum Gasteiger partial charge on any atom is 0.416 e. The van der Waals surface area contributed by atoms with Crippen LogP contribution in [0.1, 0.15) is 21.5 Å². The van der Waals surface area contributed by atoms with Crippen LogP contribution in [0.15, 0.2) is 58.3 Å². The molecule has 0 fully saturated rings. The van der Waals surface area contributed by atoms with Gasteiger partial charge in [-0.05, 0) is 35.9 Å². The third-order valence-electron chi connectivity index (χ3n) is 4.19. The molecule has 1 amide bonds. The highest BCUT2D eigenvalue weighted by atomic mass is 19.4. The molecule has 30 heavy (non-hydrogen) atoms. The van der Waals surface area contributed by atoms with Crippen molar-refractivity contribution in [2.75, 3.05) is 0 Å². The molecule has 0 bridgehead atoms. The standard InChI is InChI=1S/C19H12F5N3O3/c20-14-5-4-10(6-15(14)21)8-26-9-13(16(25)28)17(29)27(18(26)30)12-3-1-2-11(7-12)19(22,23)24/h1-7,9H,8H2,(H2,25,28). The Morgan fingerprint density at radius 1 is 1.00 bits per heavy atom. The minimum absolute atomic E-state index is 0.0978. The predicted octanol–water partition coefficient (Wildman–Crippen LogP) is 2.44. The average Bonchev–Trinajstić information content (AvgIpc) is 2.66. The molecule has 0 saturated heterocycles. The Bertz CT molecular complexity index is 1260. The van der Waals surface area contributed by atoms with Gasteiger partial charge in [0, 0.05) is 6.20 Å². The van der Waals surface area contributed by atoms with Crippen LogP contribution in [0.4, 0.5) is 22.0 Å². The number of primary amides is 1. The molecule has 1 heterocycles. The van der Waals surface area contributed by atoms with E-state index in [4.69, 9.17) is 5.73 Å². The first kappa shape index (κ1) is 21.0. The van der Waals surface area contributed by atoms with Crippen molar-refractivity contribution in [2.24, 2.45) is 5.73 Å². The lowest BCUT2D eigenvalue weighted by molar-refractivity contribution is -0.137. The molecule has 3 rings (SSSR count). The van der Waals surface area contributed by atoms with Crippen molar-refractivity contribution in [1.82, 2.24) is 9.13 Å². The fraction of sp³-hybridized carbons (Fsp3) is 0.105. The van der Waals surface area contributed by atoms with E-state index in [9.17, 15) is 36.3 Å². The van der Waals surface area contributed by atoms with Crippen LogP contribution in [0.3, 0.4) is 0 Å². The van der Waals surface area contributed by atoms with Crippen molar-refractivity contribution < 1.29 is 26.7 Å². The van der Waals surface area contributed by atoms with E-state index in [0.717, 1.165) is 47.2 Å². The number of nitrogens with zero attached hydrogens (tertiary/aromatic N) is 2. The van der Waals surface area contributed by atoms with Crippen LogP contribution in [0.25, 0.3) is 5.69 Å². The smallest absolute Gasteiger partial charge is 0.365 e. The summed E-state index contributed by atoms with van der Waals surface area (Å²) < 4.78 is 66.8. The average molecular weight is 425 g/mol. The molecule has 6 nitrogen and oxygen atoms in total. The lowest BCUT2D eigenvalue weighted by Crippen LogP contribution is -2.42. The zero-order valence-corrected chi connectivity index (χ0v) is 14.9. The summed E-state index contributed by atoms with van der Waals surface area (Å²) in [5.41, 5.74) is 0.704. The zero-order chi connectivity index (χ0) is 22.2. The van der Waals surface area contributed by atoms with E-state index in [1.54, 1.807) is 0 Å². The molecule has 0 aliphatic heterocycles. The summed E-state index contributed by atoms with van der Waals surface area (Å²) >= 11 is 0. The maximum absolute atomic E-state index is 13.5. The summed E-state index contributed by atoms with van der Waals surface area (Å²) in [5.74, 6) is -3.54. The van der Waals surface area contributed by atoms with Crippen molar-refractivity contribution in [1.29, 1.82) is 0 Å². The number of hydrogen-bond acceptors (Lipinski definition) is 3. The predicted molar refractivity (Wildman–Crippen MR) is 95.3 cm³/mol. The minimum atomic E-state index is -4.74. The molecular weight excluding hydrogens is 413 g/mol. The summed E-state index contributed by atoms with van der Waals surface area (Å²) in [5, 5.41) is 0. The maximum atomic E-state index is 13.5. The molecular formula is C19H12F5N3O3. The lowest BCUT2D eigenvalue weighted by Gasteiger charge is -2.14. The van der Waals surface area contributed by atoms with E-state index < -0.39 is 58.3 Å². The molecule has 0 radical (unpaired) electrons. The van der Waals surface area contributed by atoms with Crippen molar-refractivity contribution in [3.63, 3.8) is 0 Å². The van der Waals surface area contributed by atoms with Gasteiger partial charge < -0.3 is 5.73 Å². The number of amides is 1. The van der Waals surface area contributed by atoms with E-state index >= 15 is 0 Å². The lowest BCUT2D eigenvalue weighted by atomic mass is 10.2. The van der Waals surface area contributed by atoms with Crippen LogP contribution in [0.2, 0.25) is 0 Å². The second kappa shape index (κ2) is 7.58. The van der Waals surface area contributed by atoms with E-state index in [1.807, 2.05) is 0 Å². The monoisotopic (exact) mass is 425 g/mol. The fourth-order valence-electron chi connectivity index (χ4n) is 2.77. The molecule has 156 valence electrons. The molecule has 0 unspecified atom stereocenters. The van der Waals surface area contributed by atoms with Gasteiger partial charge in [0.2, 0.25) is 0 Å². The third kappa shape index (κ3) is 4.00. The van der Waals surface area contributed by atoms with Gasteiger partial charge in [-0.1, -0.05) is 12.1 Å². The Morgan fingerprint density at radius 2 is 1.70 bits per heavy atom. The Kier molecular flexibility index (Phi) is 5.29. The Morgan fingerprint density at radius 3 is 2.30 bits per heavy atom. The molecule has 2 N–H and O–H groups in total. The molecule has 2 aromatic carbocycles. The van der Waals surface area contributed by atoms with Gasteiger partial charge in [0.1, 0.15) is 5.56 Å². The number of alkyl halides is 3. The van der Waals surface area contributed by atoms with Gasteiger partial charge in [-0.3, -0.25) is 14.2 Å². The molecule has 11 heteroatoms. The van der Waals surface area contributed by atoms with Crippen molar-refractivity contribution in [3.05, 3.63) is 97.8 Å². The number of benzene rings is 2. The second-order valence-electron chi connectivity index (χ2n) is 6.25. The number of hydrogen-bond donors (Lipinski definition) is 1. The van der Waals surface area contributed by atoms with Gasteiger partial charge in [-0.2, -0.15) is 13.2 Å². The molecule has 1 aromatic heterocycles. The Hall–Kier alpha value is -3.76. The molecule has 0 spiro atoms. The number of carbonyl (C=O) groups is 1. The van der Waals surface area contributed by atoms with Crippen LogP contribution in [-0.2, 0) is 12.7 Å². The van der Waals surface area contributed by atoms with Crippen molar-refractivity contribution >= 4 is 5.91 Å². The fourth-order valence-corrected chi connectivity index (χ4v) is 2.77. The SMILES string of the molecule is NC(=O)c1cn(Cc2ccc(F)c(F)c2)c(=O)n(-c2cccc(C(F)(F)F)c2)c1=O. The number of rotatable bonds is 4. The number of nitrogens with two attached hydrogens (primary N) is 1. The normalized spacial score (nSPS) is 11.5. The van der Waals surface area contributed by atoms with Crippen LogP contribution < -0.4 is 17.0 Å². The van der Waals surface area contributed by atoms with E-state index in [1.165, 1.54) is 0 Å². The first-order chi connectivity index (χ1) is 14.0. The topological polar surface area (TPSA) is 87.1 Å². The number of aromatic nitrogens is 2. The van der Waals surface area contributed by atoms with E-state index in [2.05, 4.69) is 0 Å². The van der Waals surface area contributed by atoms with Gasteiger partial charge >= 0.3 is 11.9 Å². The van der Waals surface area contributed by atoms with Crippen molar-refractivity contribution in [3.8, 4) is 5.69 Å². The van der Waals surface area contributed by atoms with Crippen molar-refractivity contribution in [2.45, 2.75) is 12.7 Å². The Balaban J connectivity index is 2.23. The quantitative estimate of drug-likeness (QED) is 0.652. The van der Waals surface area contributed by atoms with E-state index in [0.29, 0.717) is 10.6 Å². The van der Waals surface area contributed by atoms with Crippen LogP contribution in [0.5, 0.6) is 0 Å². The van der Waals surface area contributed by atoms with Gasteiger partial charge in [0.15, 0.2) is 11.6 Å². The van der Waals surface area contributed by atoms with Crippen LogP contribution in [-0.4, -0.2) is 15.0 Å². The Labute approximate surface area is 164 Å². The summed E-state index contributed by atoms with van der Waals surface area (Å²) in [6.45, 7) is -0.407. The first-order valence-corrected chi connectivity index (χ1v) is 8.27. The third-order valence-corrected chi connectivity index (χ3v) is 4.19. The highest BCUT2D eigenvalue weighted by Gasteiger charge is 2.31. The van der Waals surface area contributed by atoms with Gasteiger partial charge in [0.05, 0.1) is 17.8 Å². The zero-order valence-electron chi connectivity index (χ0n) is 14.9. The molecule has 3 aromatic rings. The number of carbonyl (C=O) groups excluding carboxylic acids is 1.